The number of nitrogens with zero attached hydrogens (tertiary/aromatic N) is 1. The molecule has 0 bridgehead atoms. The van der Waals surface area contributed by atoms with Crippen molar-refractivity contribution in [3.8, 4) is 0 Å². The molecule has 5 heteroatoms. The summed E-state index contributed by atoms with van der Waals surface area (Å²) in [5.74, 6) is -0.852. The summed E-state index contributed by atoms with van der Waals surface area (Å²) < 4.78 is 0. The molecule has 0 aliphatic carbocycles. The van der Waals surface area contributed by atoms with E-state index in [-0.39, 0.29) is 11.7 Å². The summed E-state index contributed by atoms with van der Waals surface area (Å²) in [5, 5.41) is 3.23. The molecule has 1 aromatic rings. The summed E-state index contributed by atoms with van der Waals surface area (Å²) in [5.41, 5.74) is 1.41. The lowest BCUT2D eigenvalue weighted by Gasteiger charge is -2.13. The van der Waals surface area contributed by atoms with Gasteiger partial charge in [0.15, 0.2) is 5.78 Å². The Balaban J connectivity index is 2.59. The third-order valence-electron chi connectivity index (χ3n) is 3.00. The molecule has 1 aromatic carbocycles. The number of anilines is 1. The van der Waals surface area contributed by atoms with Crippen LogP contribution >= 0.6 is 11.6 Å². The Morgan fingerprint density at radius 2 is 2.00 bits per heavy atom. The molecule has 4 nitrogen and oxygen atoms in total. The lowest BCUT2D eigenvalue weighted by atomic mass is 9.94. The van der Waals surface area contributed by atoms with E-state index in [4.69, 9.17) is 11.6 Å². The van der Waals surface area contributed by atoms with Crippen molar-refractivity contribution in [3.63, 3.8) is 0 Å². The summed E-state index contributed by atoms with van der Waals surface area (Å²) in [4.78, 5) is 26.3. The number of hydrogen-bond donors (Lipinski definition) is 1. The molecule has 100 valence electrons. The fraction of sp³-hybridized carbons (Fsp3) is 0.286. The molecule has 1 atom stereocenters. The van der Waals surface area contributed by atoms with E-state index in [1.807, 2.05) is 14.1 Å². The molecule has 0 aromatic heterocycles. The van der Waals surface area contributed by atoms with E-state index in [1.165, 1.54) is 0 Å². The van der Waals surface area contributed by atoms with E-state index in [9.17, 15) is 9.59 Å². The van der Waals surface area contributed by atoms with Gasteiger partial charge in [0.25, 0.3) is 0 Å². The second-order valence-corrected chi connectivity index (χ2v) is 5.21. The lowest BCUT2D eigenvalue weighted by molar-refractivity contribution is -0.118. The molecule has 0 saturated heterocycles. The van der Waals surface area contributed by atoms with Crippen molar-refractivity contribution in [2.75, 3.05) is 19.4 Å². The highest BCUT2D eigenvalue weighted by Gasteiger charge is 2.30. The number of benzene rings is 1. The molecule has 1 unspecified atom stereocenters. The van der Waals surface area contributed by atoms with Gasteiger partial charge in [-0.25, -0.2) is 0 Å². The van der Waals surface area contributed by atoms with Gasteiger partial charge in [0, 0.05) is 36.5 Å². The van der Waals surface area contributed by atoms with Crippen molar-refractivity contribution < 1.29 is 9.59 Å². The minimum atomic E-state index is -0.499. The van der Waals surface area contributed by atoms with Crippen molar-refractivity contribution in [2.45, 2.75) is 6.92 Å². The van der Waals surface area contributed by atoms with Crippen molar-refractivity contribution in [1.29, 1.82) is 0 Å². The molecule has 1 amide bonds. The maximum absolute atomic E-state index is 12.5. The summed E-state index contributed by atoms with van der Waals surface area (Å²) in [7, 11) is 3.64. The average molecular weight is 279 g/mol. The van der Waals surface area contributed by atoms with E-state index in [0.717, 1.165) is 0 Å². The summed E-state index contributed by atoms with van der Waals surface area (Å²) in [6.45, 7) is 1.72. The zero-order valence-electron chi connectivity index (χ0n) is 11.0. The zero-order valence-corrected chi connectivity index (χ0v) is 11.8. The van der Waals surface area contributed by atoms with Gasteiger partial charge >= 0.3 is 0 Å². The summed E-state index contributed by atoms with van der Waals surface area (Å²) in [6.07, 6.45) is 1.69. The number of ketones is 1. The molecule has 0 radical (unpaired) electrons. The van der Waals surface area contributed by atoms with Gasteiger partial charge in [-0.1, -0.05) is 11.6 Å². The van der Waals surface area contributed by atoms with Crippen molar-refractivity contribution >= 4 is 29.0 Å². The van der Waals surface area contributed by atoms with Gasteiger partial charge in [-0.2, -0.15) is 0 Å². The van der Waals surface area contributed by atoms with Crippen LogP contribution < -0.4 is 5.32 Å². The number of Topliss-reactive ketones (excluding diaryl/α,β-unsaturated/α-hetero) is 1. The molecule has 0 fully saturated rings. The zero-order chi connectivity index (χ0) is 14.2. The predicted molar refractivity (Wildman–Crippen MR) is 75.3 cm³/mol. The molecule has 1 N–H and O–H groups in total. The highest BCUT2D eigenvalue weighted by atomic mass is 35.5. The first-order valence-corrected chi connectivity index (χ1v) is 6.31. The number of amides is 1. The molecule has 0 spiro atoms. The molecule has 19 heavy (non-hydrogen) atoms. The molecule has 0 saturated carbocycles. The highest BCUT2D eigenvalue weighted by molar-refractivity contribution is 6.31. The Bertz CT molecular complexity index is 579. The van der Waals surface area contributed by atoms with Gasteiger partial charge in [-0.15, -0.1) is 0 Å². The predicted octanol–water partition coefficient (Wildman–Crippen LogP) is 2.56. The van der Waals surface area contributed by atoms with Crippen molar-refractivity contribution in [2.24, 2.45) is 5.92 Å². The number of nitrogens with one attached hydrogen (secondary N) is 1. The second-order valence-electron chi connectivity index (χ2n) is 4.78. The van der Waals surface area contributed by atoms with Crippen LogP contribution in [-0.4, -0.2) is 30.7 Å². The average Bonchev–Trinajstić information content (AvgIpc) is 2.40. The molecule has 1 aliphatic rings. The van der Waals surface area contributed by atoms with Gasteiger partial charge in [-0.3, -0.25) is 9.59 Å². The fourth-order valence-corrected chi connectivity index (χ4v) is 2.17. The quantitative estimate of drug-likeness (QED) is 0.803. The molecular weight excluding hydrogens is 264 g/mol. The van der Waals surface area contributed by atoms with Crippen LogP contribution in [0.3, 0.4) is 0 Å². The Labute approximate surface area is 117 Å². The summed E-state index contributed by atoms with van der Waals surface area (Å²) >= 11 is 5.90. The minimum Gasteiger partial charge on any atom is -0.383 e. The fourth-order valence-electron chi connectivity index (χ4n) is 2.00. The van der Waals surface area contributed by atoms with Crippen molar-refractivity contribution in [1.82, 2.24) is 4.90 Å². The first-order valence-electron chi connectivity index (χ1n) is 5.93. The lowest BCUT2D eigenvalue weighted by Crippen LogP contribution is -2.22. The third-order valence-corrected chi connectivity index (χ3v) is 3.24. The Hall–Kier alpha value is -1.81. The number of halogens is 1. The van der Waals surface area contributed by atoms with E-state index >= 15 is 0 Å². The van der Waals surface area contributed by atoms with Gasteiger partial charge < -0.3 is 10.2 Å². The van der Waals surface area contributed by atoms with Crippen LogP contribution in [-0.2, 0) is 4.79 Å². The number of rotatable bonds is 1. The third kappa shape index (κ3) is 2.63. The topological polar surface area (TPSA) is 49.4 Å². The van der Waals surface area contributed by atoms with E-state index in [0.29, 0.717) is 21.8 Å². The van der Waals surface area contributed by atoms with Crippen LogP contribution in [0, 0.1) is 5.92 Å². The number of carbonyl (C=O) groups is 2. The van der Waals surface area contributed by atoms with Crippen LogP contribution in [0.2, 0.25) is 5.02 Å². The van der Waals surface area contributed by atoms with Crippen LogP contribution in [0.15, 0.2) is 30.0 Å². The largest absolute Gasteiger partial charge is 0.383 e. The van der Waals surface area contributed by atoms with Gasteiger partial charge in [0.1, 0.15) is 0 Å². The Kier molecular flexibility index (Phi) is 3.62. The molecule has 1 heterocycles. The normalized spacial score (nSPS) is 20.8. The molecular formula is C14H15ClN2O2. The van der Waals surface area contributed by atoms with E-state index in [1.54, 1.807) is 36.2 Å². The molecule has 2 rings (SSSR count). The Morgan fingerprint density at radius 1 is 1.32 bits per heavy atom. The highest BCUT2D eigenvalue weighted by Crippen LogP contribution is 2.30. The first-order chi connectivity index (χ1) is 8.90. The number of fused-ring (bicyclic) bond motifs is 1. The Morgan fingerprint density at radius 3 is 2.63 bits per heavy atom. The standard InChI is InChI=1S/C14H15ClN2O2/c1-8-11(7-17(2)3)13(18)10-5-4-9(15)6-12(10)16-14(8)19/h4-8H,1-3H3,(H,16,19)/b11-7-. The van der Waals surface area contributed by atoms with Gasteiger partial charge in [0.2, 0.25) is 5.91 Å². The van der Waals surface area contributed by atoms with E-state index < -0.39 is 5.92 Å². The maximum Gasteiger partial charge on any atom is 0.231 e. The first kappa shape index (κ1) is 13.6. The summed E-state index contributed by atoms with van der Waals surface area (Å²) in [6, 6.07) is 4.88. The second kappa shape index (κ2) is 5.05. The van der Waals surface area contributed by atoms with Crippen LogP contribution in [0.5, 0.6) is 0 Å². The van der Waals surface area contributed by atoms with Crippen LogP contribution in [0.25, 0.3) is 0 Å². The van der Waals surface area contributed by atoms with Gasteiger partial charge in [0.05, 0.1) is 11.6 Å². The SMILES string of the molecule is CC1C(=O)Nc2cc(Cl)ccc2C(=O)/C1=C\N(C)C. The minimum absolute atomic E-state index is 0.147. The maximum atomic E-state index is 12.5. The van der Waals surface area contributed by atoms with Crippen LogP contribution in [0.4, 0.5) is 5.69 Å². The van der Waals surface area contributed by atoms with Crippen molar-refractivity contribution in [3.05, 3.63) is 40.6 Å². The monoisotopic (exact) mass is 278 g/mol. The van der Waals surface area contributed by atoms with E-state index in [2.05, 4.69) is 5.32 Å². The van der Waals surface area contributed by atoms with Gasteiger partial charge in [-0.05, 0) is 25.1 Å². The number of hydrogen-bond acceptors (Lipinski definition) is 3. The van der Waals surface area contributed by atoms with Crippen LogP contribution in [0.1, 0.15) is 17.3 Å². The molecule has 1 aliphatic heterocycles. The number of carbonyl (C=O) groups excluding carboxylic acids is 2. The smallest absolute Gasteiger partial charge is 0.231 e.